The van der Waals surface area contributed by atoms with Crippen molar-refractivity contribution >= 4 is 23.4 Å². The van der Waals surface area contributed by atoms with Gasteiger partial charge in [0.05, 0.1) is 12.6 Å². The molecule has 0 spiro atoms. The number of nitrogens with zero attached hydrogens (tertiary/aromatic N) is 2. The molecule has 2 unspecified atom stereocenters. The maximum absolute atomic E-state index is 12.5. The normalized spacial score (nSPS) is 25.1. The number of imide groups is 1. The van der Waals surface area contributed by atoms with E-state index in [4.69, 9.17) is 0 Å². The predicted molar refractivity (Wildman–Crippen MR) is 81.5 cm³/mol. The third-order valence-electron chi connectivity index (χ3n) is 4.24. The number of Topliss-reactive ketones (excluding diaryl/α,β-unsaturated/α-hetero) is 1. The van der Waals surface area contributed by atoms with E-state index in [1.165, 1.54) is 4.90 Å². The Morgan fingerprint density at radius 1 is 1.27 bits per heavy atom. The first-order valence-electron chi connectivity index (χ1n) is 7.55. The summed E-state index contributed by atoms with van der Waals surface area (Å²) in [5.41, 5.74) is 0.669. The second-order valence-electron chi connectivity index (χ2n) is 5.70. The molecule has 2 aliphatic heterocycles. The second-order valence-corrected chi connectivity index (χ2v) is 5.70. The van der Waals surface area contributed by atoms with E-state index in [0.29, 0.717) is 5.69 Å². The van der Waals surface area contributed by atoms with E-state index in [-0.39, 0.29) is 24.3 Å². The fourth-order valence-electron chi connectivity index (χ4n) is 3.02. The molecule has 3 rings (SSSR count). The van der Waals surface area contributed by atoms with Gasteiger partial charge in [0.2, 0.25) is 0 Å². The summed E-state index contributed by atoms with van der Waals surface area (Å²) in [6, 6.07) is 7.81. The van der Waals surface area contributed by atoms with Crippen LogP contribution in [0.25, 0.3) is 0 Å². The number of nitrogens with one attached hydrogen (secondary N) is 1. The van der Waals surface area contributed by atoms with E-state index in [0.717, 1.165) is 24.3 Å². The summed E-state index contributed by atoms with van der Waals surface area (Å²) in [5.74, 6) is -0.415. The Labute approximate surface area is 129 Å². The summed E-state index contributed by atoms with van der Waals surface area (Å²) in [7, 11) is 0. The van der Waals surface area contributed by atoms with Crippen molar-refractivity contribution < 1.29 is 14.4 Å². The van der Waals surface area contributed by atoms with E-state index in [9.17, 15) is 14.4 Å². The molecule has 3 amide bonds. The molecule has 0 aliphatic carbocycles. The second kappa shape index (κ2) is 5.88. The number of urea groups is 1. The van der Waals surface area contributed by atoms with Crippen LogP contribution in [0.3, 0.4) is 0 Å². The van der Waals surface area contributed by atoms with Crippen molar-refractivity contribution in [1.29, 1.82) is 0 Å². The van der Waals surface area contributed by atoms with Crippen LogP contribution in [-0.2, 0) is 9.59 Å². The zero-order valence-corrected chi connectivity index (χ0v) is 12.5. The average Bonchev–Trinajstić information content (AvgIpc) is 3.13. The van der Waals surface area contributed by atoms with Crippen LogP contribution in [0.1, 0.15) is 19.8 Å². The number of ketones is 1. The minimum absolute atomic E-state index is 0.0960. The lowest BCUT2D eigenvalue weighted by Gasteiger charge is -2.19. The molecular weight excluding hydrogens is 282 g/mol. The SMILES string of the molecule is CC1C(=O)N(CC(=O)C2CCCN2)C(=O)N1c1ccccc1. The molecule has 1 aromatic carbocycles. The molecule has 6 heteroatoms. The van der Waals surface area contributed by atoms with Gasteiger partial charge in [-0.05, 0) is 38.4 Å². The zero-order chi connectivity index (χ0) is 15.7. The molecular formula is C16H19N3O3. The highest BCUT2D eigenvalue weighted by atomic mass is 16.2. The molecule has 0 bridgehead atoms. The van der Waals surface area contributed by atoms with Gasteiger partial charge in [-0.3, -0.25) is 19.4 Å². The Morgan fingerprint density at radius 2 is 2.00 bits per heavy atom. The van der Waals surface area contributed by atoms with Crippen LogP contribution in [0, 0.1) is 0 Å². The highest BCUT2D eigenvalue weighted by Gasteiger charge is 2.44. The van der Waals surface area contributed by atoms with Gasteiger partial charge in [0, 0.05) is 5.69 Å². The van der Waals surface area contributed by atoms with Gasteiger partial charge in [0.25, 0.3) is 5.91 Å². The first-order valence-corrected chi connectivity index (χ1v) is 7.55. The predicted octanol–water partition coefficient (Wildman–Crippen LogP) is 1.16. The van der Waals surface area contributed by atoms with Crippen LogP contribution in [0.5, 0.6) is 0 Å². The summed E-state index contributed by atoms with van der Waals surface area (Å²) in [6.45, 7) is 2.35. The molecule has 1 N–H and O–H groups in total. The van der Waals surface area contributed by atoms with E-state index in [1.807, 2.05) is 18.2 Å². The van der Waals surface area contributed by atoms with Crippen molar-refractivity contribution in [2.24, 2.45) is 0 Å². The molecule has 2 saturated heterocycles. The highest BCUT2D eigenvalue weighted by molar-refractivity contribution is 6.15. The molecule has 22 heavy (non-hydrogen) atoms. The van der Waals surface area contributed by atoms with Crippen molar-refractivity contribution in [3.05, 3.63) is 30.3 Å². The molecule has 6 nitrogen and oxygen atoms in total. The molecule has 2 heterocycles. The standard InChI is InChI=1S/C16H19N3O3/c1-11-15(21)18(10-14(20)13-8-5-9-17-13)16(22)19(11)12-6-3-2-4-7-12/h2-4,6-7,11,13,17H,5,8-10H2,1H3. The number of hydrogen-bond donors (Lipinski definition) is 1. The number of hydrogen-bond acceptors (Lipinski definition) is 4. The van der Waals surface area contributed by atoms with Crippen molar-refractivity contribution in [3.63, 3.8) is 0 Å². The van der Waals surface area contributed by atoms with Crippen LogP contribution in [-0.4, -0.2) is 47.8 Å². The average molecular weight is 301 g/mol. The Kier molecular flexibility index (Phi) is 3.94. The van der Waals surface area contributed by atoms with Gasteiger partial charge in [-0.25, -0.2) is 4.79 Å². The molecule has 0 aromatic heterocycles. The highest BCUT2D eigenvalue weighted by Crippen LogP contribution is 2.25. The number of anilines is 1. The lowest BCUT2D eigenvalue weighted by molar-refractivity contribution is -0.131. The Hall–Kier alpha value is -2.21. The van der Waals surface area contributed by atoms with Crippen molar-refractivity contribution in [1.82, 2.24) is 10.2 Å². The minimum atomic E-state index is -0.584. The summed E-state index contributed by atoms with van der Waals surface area (Å²) in [6.07, 6.45) is 1.72. The number of rotatable bonds is 4. The van der Waals surface area contributed by atoms with E-state index in [1.54, 1.807) is 19.1 Å². The summed E-state index contributed by atoms with van der Waals surface area (Å²) < 4.78 is 0. The van der Waals surface area contributed by atoms with Crippen LogP contribution in [0.4, 0.5) is 10.5 Å². The van der Waals surface area contributed by atoms with Gasteiger partial charge < -0.3 is 5.32 Å². The van der Waals surface area contributed by atoms with Crippen LogP contribution < -0.4 is 10.2 Å². The molecule has 0 radical (unpaired) electrons. The number of carbonyl (C=O) groups excluding carboxylic acids is 3. The van der Waals surface area contributed by atoms with Crippen LogP contribution in [0.2, 0.25) is 0 Å². The fourth-order valence-corrected chi connectivity index (χ4v) is 3.02. The first-order chi connectivity index (χ1) is 10.6. The monoisotopic (exact) mass is 301 g/mol. The number of para-hydroxylation sites is 1. The van der Waals surface area contributed by atoms with Crippen LogP contribution >= 0.6 is 0 Å². The lowest BCUT2D eigenvalue weighted by atomic mass is 10.1. The topological polar surface area (TPSA) is 69.7 Å². The zero-order valence-electron chi connectivity index (χ0n) is 12.5. The third kappa shape index (κ3) is 2.50. The smallest absolute Gasteiger partial charge is 0.307 e. The lowest BCUT2D eigenvalue weighted by Crippen LogP contribution is -2.43. The van der Waals surface area contributed by atoms with Crippen LogP contribution in [0.15, 0.2) is 30.3 Å². The van der Waals surface area contributed by atoms with E-state index in [2.05, 4.69) is 5.32 Å². The Balaban J connectivity index is 1.77. The number of benzene rings is 1. The van der Waals surface area contributed by atoms with Gasteiger partial charge in [-0.15, -0.1) is 0 Å². The quantitative estimate of drug-likeness (QED) is 0.847. The number of carbonyl (C=O) groups is 3. The van der Waals surface area contributed by atoms with Crippen molar-refractivity contribution in [3.8, 4) is 0 Å². The largest absolute Gasteiger partial charge is 0.332 e. The maximum Gasteiger partial charge on any atom is 0.332 e. The molecule has 2 aliphatic rings. The Bertz CT molecular complexity index is 596. The third-order valence-corrected chi connectivity index (χ3v) is 4.24. The summed E-state index contributed by atoms with van der Waals surface area (Å²) in [5, 5.41) is 3.10. The molecule has 1 aromatic rings. The van der Waals surface area contributed by atoms with Gasteiger partial charge >= 0.3 is 6.03 Å². The van der Waals surface area contributed by atoms with Gasteiger partial charge in [0.1, 0.15) is 6.04 Å². The Morgan fingerprint density at radius 3 is 2.64 bits per heavy atom. The molecule has 2 atom stereocenters. The molecule has 0 saturated carbocycles. The van der Waals surface area contributed by atoms with Gasteiger partial charge in [0.15, 0.2) is 5.78 Å². The first kappa shape index (κ1) is 14.7. The summed E-state index contributed by atoms with van der Waals surface area (Å²) in [4.78, 5) is 39.6. The minimum Gasteiger partial charge on any atom is -0.307 e. The molecule has 116 valence electrons. The van der Waals surface area contributed by atoms with Crippen molar-refractivity contribution in [2.45, 2.75) is 31.8 Å². The van der Waals surface area contributed by atoms with Crippen molar-refractivity contribution in [2.75, 3.05) is 18.0 Å². The molecule has 2 fully saturated rings. The summed E-state index contributed by atoms with van der Waals surface area (Å²) >= 11 is 0. The fraction of sp³-hybridized carbons (Fsp3) is 0.438. The van der Waals surface area contributed by atoms with E-state index < -0.39 is 12.1 Å². The maximum atomic E-state index is 12.5. The van der Waals surface area contributed by atoms with E-state index >= 15 is 0 Å². The van der Waals surface area contributed by atoms with Gasteiger partial charge in [-0.1, -0.05) is 18.2 Å². The number of amides is 3. The van der Waals surface area contributed by atoms with Gasteiger partial charge in [-0.2, -0.15) is 0 Å².